The molecule has 108 valence electrons. The Bertz CT molecular complexity index is 765. The van der Waals surface area contributed by atoms with Crippen LogP contribution in [0.3, 0.4) is 0 Å². The molecule has 0 radical (unpaired) electrons. The fourth-order valence-electron chi connectivity index (χ4n) is 2.26. The van der Waals surface area contributed by atoms with Crippen molar-refractivity contribution in [3.05, 3.63) is 90.6 Å². The SMILES string of the molecule is C=Cc1ccnc(-c2ccccc2OCc2ccccc2)c1. The second-order valence-corrected chi connectivity index (χ2v) is 4.95. The summed E-state index contributed by atoms with van der Waals surface area (Å²) >= 11 is 0. The number of pyridine rings is 1. The van der Waals surface area contributed by atoms with Crippen molar-refractivity contribution in [2.45, 2.75) is 6.61 Å². The van der Waals surface area contributed by atoms with Gasteiger partial charge in [-0.3, -0.25) is 4.98 Å². The van der Waals surface area contributed by atoms with Gasteiger partial charge in [-0.25, -0.2) is 0 Å². The fraction of sp³-hybridized carbons (Fsp3) is 0.0500. The van der Waals surface area contributed by atoms with Crippen LogP contribution in [0.1, 0.15) is 11.1 Å². The summed E-state index contributed by atoms with van der Waals surface area (Å²) in [6.07, 6.45) is 3.61. The van der Waals surface area contributed by atoms with Crippen LogP contribution in [-0.4, -0.2) is 4.98 Å². The standard InChI is InChI=1S/C20H17NO/c1-2-16-12-13-21-19(14-16)18-10-6-7-11-20(18)22-15-17-8-4-3-5-9-17/h2-14H,1,15H2. The maximum absolute atomic E-state index is 5.99. The molecule has 0 atom stereocenters. The van der Waals surface area contributed by atoms with E-state index in [2.05, 4.69) is 23.7 Å². The lowest BCUT2D eigenvalue weighted by atomic mass is 10.1. The molecule has 0 aliphatic rings. The number of rotatable bonds is 5. The number of hydrogen-bond donors (Lipinski definition) is 0. The predicted octanol–water partition coefficient (Wildman–Crippen LogP) is 4.97. The molecule has 0 amide bonds. The van der Waals surface area contributed by atoms with Gasteiger partial charge < -0.3 is 4.74 Å². The van der Waals surface area contributed by atoms with Crippen molar-refractivity contribution < 1.29 is 4.74 Å². The van der Waals surface area contributed by atoms with Crippen LogP contribution in [0.5, 0.6) is 5.75 Å². The molecule has 3 aromatic rings. The summed E-state index contributed by atoms with van der Waals surface area (Å²) in [5.41, 5.74) is 4.07. The molecule has 1 aromatic heterocycles. The number of para-hydroxylation sites is 1. The Morgan fingerprint density at radius 2 is 1.73 bits per heavy atom. The highest BCUT2D eigenvalue weighted by molar-refractivity contribution is 5.69. The molecule has 3 rings (SSSR count). The van der Waals surface area contributed by atoms with E-state index in [4.69, 9.17) is 4.74 Å². The van der Waals surface area contributed by atoms with E-state index in [1.54, 1.807) is 6.20 Å². The summed E-state index contributed by atoms with van der Waals surface area (Å²) < 4.78 is 5.99. The predicted molar refractivity (Wildman–Crippen MR) is 90.5 cm³/mol. The third kappa shape index (κ3) is 3.23. The molecule has 2 aromatic carbocycles. The van der Waals surface area contributed by atoms with Gasteiger partial charge in [0.1, 0.15) is 12.4 Å². The molecule has 0 aliphatic heterocycles. The molecule has 0 fully saturated rings. The van der Waals surface area contributed by atoms with Gasteiger partial charge in [0.15, 0.2) is 0 Å². The van der Waals surface area contributed by atoms with Gasteiger partial charge in [0.25, 0.3) is 0 Å². The van der Waals surface area contributed by atoms with Gasteiger partial charge in [-0.1, -0.05) is 55.1 Å². The summed E-state index contributed by atoms with van der Waals surface area (Å²) in [5, 5.41) is 0. The minimum absolute atomic E-state index is 0.541. The van der Waals surface area contributed by atoms with Crippen molar-refractivity contribution in [1.82, 2.24) is 4.98 Å². The van der Waals surface area contributed by atoms with Crippen molar-refractivity contribution in [3.8, 4) is 17.0 Å². The Kier molecular flexibility index (Phi) is 4.30. The average molecular weight is 287 g/mol. The maximum atomic E-state index is 5.99. The summed E-state index contributed by atoms with van der Waals surface area (Å²) in [5.74, 6) is 0.833. The van der Waals surface area contributed by atoms with Crippen LogP contribution in [0.25, 0.3) is 17.3 Å². The van der Waals surface area contributed by atoms with E-state index in [0.29, 0.717) is 6.61 Å². The van der Waals surface area contributed by atoms with Gasteiger partial charge in [0.2, 0.25) is 0 Å². The van der Waals surface area contributed by atoms with E-state index >= 15 is 0 Å². The highest BCUT2D eigenvalue weighted by Crippen LogP contribution is 2.29. The first-order valence-electron chi connectivity index (χ1n) is 7.21. The van der Waals surface area contributed by atoms with Crippen LogP contribution in [0, 0.1) is 0 Å². The molecule has 0 aliphatic carbocycles. The molecular weight excluding hydrogens is 270 g/mol. The molecule has 1 heterocycles. The smallest absolute Gasteiger partial charge is 0.129 e. The molecule has 2 nitrogen and oxygen atoms in total. The van der Waals surface area contributed by atoms with Crippen molar-refractivity contribution >= 4 is 6.08 Å². The molecule has 0 bridgehead atoms. The summed E-state index contributed by atoms with van der Waals surface area (Å²) in [6.45, 7) is 4.35. The number of hydrogen-bond acceptors (Lipinski definition) is 2. The number of nitrogens with zero attached hydrogens (tertiary/aromatic N) is 1. The molecule has 0 spiro atoms. The van der Waals surface area contributed by atoms with Gasteiger partial charge in [-0.05, 0) is 35.4 Å². The lowest BCUT2D eigenvalue weighted by Gasteiger charge is -2.11. The number of aromatic nitrogens is 1. The van der Waals surface area contributed by atoms with Crippen LogP contribution < -0.4 is 4.74 Å². The summed E-state index contributed by atoms with van der Waals surface area (Å²) in [4.78, 5) is 4.45. The molecule has 0 saturated heterocycles. The zero-order chi connectivity index (χ0) is 15.2. The van der Waals surface area contributed by atoms with Crippen LogP contribution in [0.4, 0.5) is 0 Å². The lowest BCUT2D eigenvalue weighted by Crippen LogP contribution is -1.97. The Hall–Kier alpha value is -2.87. The first-order valence-corrected chi connectivity index (χ1v) is 7.21. The van der Waals surface area contributed by atoms with E-state index in [-0.39, 0.29) is 0 Å². The Labute approximate surface area is 130 Å². The monoisotopic (exact) mass is 287 g/mol. The van der Waals surface area contributed by atoms with Gasteiger partial charge >= 0.3 is 0 Å². The Morgan fingerprint density at radius 3 is 2.55 bits per heavy atom. The van der Waals surface area contributed by atoms with Crippen LogP contribution in [0.2, 0.25) is 0 Å². The molecular formula is C20H17NO. The molecule has 2 heteroatoms. The quantitative estimate of drug-likeness (QED) is 0.661. The first kappa shape index (κ1) is 14.1. The van der Waals surface area contributed by atoms with E-state index in [9.17, 15) is 0 Å². The molecule has 0 saturated carbocycles. The fourth-order valence-corrected chi connectivity index (χ4v) is 2.26. The minimum Gasteiger partial charge on any atom is -0.488 e. The summed E-state index contributed by atoms with van der Waals surface area (Å²) in [6, 6.07) is 22.0. The lowest BCUT2D eigenvalue weighted by molar-refractivity contribution is 0.307. The highest BCUT2D eigenvalue weighted by Gasteiger charge is 2.07. The van der Waals surface area contributed by atoms with Crippen molar-refractivity contribution in [3.63, 3.8) is 0 Å². The molecule has 0 N–H and O–H groups in total. The third-order valence-electron chi connectivity index (χ3n) is 3.42. The normalized spacial score (nSPS) is 10.2. The number of benzene rings is 2. The zero-order valence-corrected chi connectivity index (χ0v) is 12.3. The maximum Gasteiger partial charge on any atom is 0.129 e. The van der Waals surface area contributed by atoms with E-state index in [0.717, 1.165) is 28.1 Å². The van der Waals surface area contributed by atoms with Gasteiger partial charge in [0.05, 0.1) is 5.69 Å². The van der Waals surface area contributed by atoms with E-state index in [1.807, 2.05) is 60.7 Å². The van der Waals surface area contributed by atoms with Gasteiger partial charge in [0, 0.05) is 11.8 Å². The Balaban J connectivity index is 1.88. The summed E-state index contributed by atoms with van der Waals surface area (Å²) in [7, 11) is 0. The van der Waals surface area contributed by atoms with Crippen molar-refractivity contribution in [2.24, 2.45) is 0 Å². The van der Waals surface area contributed by atoms with E-state index < -0.39 is 0 Å². The largest absolute Gasteiger partial charge is 0.488 e. The Morgan fingerprint density at radius 1 is 0.955 bits per heavy atom. The zero-order valence-electron chi connectivity index (χ0n) is 12.3. The number of ether oxygens (including phenoxy) is 1. The topological polar surface area (TPSA) is 22.1 Å². The van der Waals surface area contributed by atoms with Gasteiger partial charge in [-0.15, -0.1) is 0 Å². The van der Waals surface area contributed by atoms with Crippen molar-refractivity contribution in [1.29, 1.82) is 0 Å². The average Bonchev–Trinajstić information content (AvgIpc) is 2.61. The van der Waals surface area contributed by atoms with Crippen LogP contribution in [0.15, 0.2) is 79.5 Å². The van der Waals surface area contributed by atoms with Crippen LogP contribution in [-0.2, 0) is 6.61 Å². The van der Waals surface area contributed by atoms with Crippen LogP contribution >= 0.6 is 0 Å². The molecule has 22 heavy (non-hydrogen) atoms. The second kappa shape index (κ2) is 6.72. The first-order chi connectivity index (χ1) is 10.9. The highest BCUT2D eigenvalue weighted by atomic mass is 16.5. The van der Waals surface area contributed by atoms with E-state index in [1.165, 1.54) is 0 Å². The molecule has 0 unspecified atom stereocenters. The third-order valence-corrected chi connectivity index (χ3v) is 3.42. The second-order valence-electron chi connectivity index (χ2n) is 4.95. The minimum atomic E-state index is 0.541. The van der Waals surface area contributed by atoms with Gasteiger partial charge in [-0.2, -0.15) is 0 Å². The van der Waals surface area contributed by atoms with Crippen molar-refractivity contribution in [2.75, 3.05) is 0 Å².